The third-order valence-corrected chi connectivity index (χ3v) is 4.88. The van der Waals surface area contributed by atoms with Gasteiger partial charge in [0.15, 0.2) is 0 Å². The lowest BCUT2D eigenvalue weighted by Gasteiger charge is -2.18. The van der Waals surface area contributed by atoms with Crippen molar-refractivity contribution < 1.29 is 18.3 Å². The van der Waals surface area contributed by atoms with Crippen molar-refractivity contribution in [1.82, 2.24) is 4.72 Å². The number of sulfonamides is 1. The van der Waals surface area contributed by atoms with E-state index in [1.165, 1.54) is 0 Å². The van der Waals surface area contributed by atoms with E-state index in [0.29, 0.717) is 0 Å². The molecule has 110 valence electrons. The molecule has 1 fully saturated rings. The zero-order valence-electron chi connectivity index (χ0n) is 11.2. The molecule has 0 spiro atoms. The molecule has 2 N–H and O–H groups in total. The largest absolute Gasteiger partial charge is 0.481 e. The Morgan fingerprint density at radius 1 is 1.30 bits per heavy atom. The first kappa shape index (κ1) is 15.0. The molecule has 6 heteroatoms. The second-order valence-electron chi connectivity index (χ2n) is 5.24. The van der Waals surface area contributed by atoms with Gasteiger partial charge in [-0.3, -0.25) is 4.79 Å². The highest BCUT2D eigenvalue weighted by Gasteiger charge is 2.29. The van der Waals surface area contributed by atoms with E-state index in [0.717, 1.165) is 18.4 Å². The van der Waals surface area contributed by atoms with Crippen molar-refractivity contribution in [3.05, 3.63) is 35.9 Å². The summed E-state index contributed by atoms with van der Waals surface area (Å²) in [5.41, 5.74) is 0.799. The predicted octanol–water partition coefficient (Wildman–Crippen LogP) is 1.92. The fourth-order valence-electron chi connectivity index (χ4n) is 2.11. The molecule has 0 aromatic heterocycles. The number of carboxylic acid groups (broad SMARTS) is 1. The van der Waals surface area contributed by atoms with Crippen LogP contribution in [0.3, 0.4) is 0 Å². The Labute approximate surface area is 119 Å². The fourth-order valence-corrected chi connectivity index (χ4v) is 3.84. The second-order valence-corrected chi connectivity index (χ2v) is 7.04. The molecule has 1 aromatic carbocycles. The Hall–Kier alpha value is -1.40. The van der Waals surface area contributed by atoms with Gasteiger partial charge in [0, 0.05) is 12.5 Å². The van der Waals surface area contributed by atoms with Gasteiger partial charge in [-0.25, -0.2) is 13.1 Å². The van der Waals surface area contributed by atoms with Crippen LogP contribution < -0.4 is 4.72 Å². The standard InChI is InChI=1S/C14H19NO4S/c16-14(17)9-8-13(12-4-2-1-3-5-12)15-20(18,19)10-11-6-7-11/h1-5,11,13,15H,6-10H2,(H,16,17). The maximum absolute atomic E-state index is 12.1. The lowest BCUT2D eigenvalue weighted by molar-refractivity contribution is -0.137. The molecule has 1 saturated carbocycles. The molecule has 2 rings (SSSR count). The van der Waals surface area contributed by atoms with Crippen molar-refractivity contribution in [1.29, 1.82) is 0 Å². The summed E-state index contributed by atoms with van der Waals surface area (Å²) < 4.78 is 26.7. The first-order valence-electron chi connectivity index (χ1n) is 6.73. The van der Waals surface area contributed by atoms with Crippen LogP contribution in [0.15, 0.2) is 30.3 Å². The number of carboxylic acids is 1. The Bertz CT molecular complexity index is 552. The van der Waals surface area contributed by atoms with Crippen LogP contribution in [0.4, 0.5) is 0 Å². The number of rotatable bonds is 8. The minimum atomic E-state index is -3.36. The van der Waals surface area contributed by atoms with Crippen LogP contribution in [0.2, 0.25) is 0 Å². The minimum absolute atomic E-state index is 0.0640. The van der Waals surface area contributed by atoms with Gasteiger partial charge in [0.05, 0.1) is 5.75 Å². The summed E-state index contributed by atoms with van der Waals surface area (Å²) in [6.45, 7) is 0. The number of aliphatic carboxylic acids is 1. The summed E-state index contributed by atoms with van der Waals surface area (Å²) in [7, 11) is -3.36. The number of hydrogen-bond acceptors (Lipinski definition) is 3. The minimum Gasteiger partial charge on any atom is -0.481 e. The lowest BCUT2D eigenvalue weighted by atomic mass is 10.0. The summed E-state index contributed by atoms with van der Waals surface area (Å²) in [4.78, 5) is 10.7. The molecule has 0 amide bonds. The first-order valence-corrected chi connectivity index (χ1v) is 8.38. The van der Waals surface area contributed by atoms with Crippen LogP contribution in [-0.4, -0.2) is 25.2 Å². The van der Waals surface area contributed by atoms with E-state index >= 15 is 0 Å². The van der Waals surface area contributed by atoms with E-state index in [4.69, 9.17) is 5.11 Å². The highest BCUT2D eigenvalue weighted by Crippen LogP contribution is 2.30. The number of benzene rings is 1. The topological polar surface area (TPSA) is 83.5 Å². The molecule has 0 saturated heterocycles. The maximum atomic E-state index is 12.1. The number of carbonyl (C=O) groups is 1. The van der Waals surface area contributed by atoms with Crippen molar-refractivity contribution >= 4 is 16.0 Å². The average molecular weight is 297 g/mol. The average Bonchev–Trinajstić information content (AvgIpc) is 3.18. The third kappa shape index (κ3) is 4.94. The Morgan fingerprint density at radius 2 is 1.95 bits per heavy atom. The van der Waals surface area contributed by atoms with E-state index in [2.05, 4.69) is 4.72 Å². The molecule has 1 aliphatic rings. The van der Waals surface area contributed by atoms with Crippen molar-refractivity contribution in [2.45, 2.75) is 31.7 Å². The Balaban J connectivity index is 2.07. The molecular weight excluding hydrogens is 278 g/mol. The van der Waals surface area contributed by atoms with Crippen LogP contribution in [0.25, 0.3) is 0 Å². The Kier molecular flexibility index (Phi) is 4.77. The van der Waals surface area contributed by atoms with E-state index < -0.39 is 22.0 Å². The van der Waals surface area contributed by atoms with E-state index in [1.54, 1.807) is 0 Å². The quantitative estimate of drug-likeness (QED) is 0.768. The SMILES string of the molecule is O=C(O)CCC(NS(=O)(=O)CC1CC1)c1ccccc1. The summed E-state index contributed by atoms with van der Waals surface area (Å²) >= 11 is 0. The van der Waals surface area contributed by atoms with Crippen molar-refractivity contribution in [3.63, 3.8) is 0 Å². The lowest BCUT2D eigenvalue weighted by Crippen LogP contribution is -2.31. The van der Waals surface area contributed by atoms with Gasteiger partial charge in [-0.15, -0.1) is 0 Å². The monoisotopic (exact) mass is 297 g/mol. The van der Waals surface area contributed by atoms with Gasteiger partial charge in [-0.05, 0) is 30.7 Å². The molecule has 1 aromatic rings. The van der Waals surface area contributed by atoms with Crippen LogP contribution >= 0.6 is 0 Å². The second kappa shape index (κ2) is 6.37. The molecule has 20 heavy (non-hydrogen) atoms. The zero-order chi connectivity index (χ0) is 14.6. The van der Waals surface area contributed by atoms with Crippen LogP contribution in [-0.2, 0) is 14.8 Å². The molecule has 0 heterocycles. The van der Waals surface area contributed by atoms with Gasteiger partial charge in [0.2, 0.25) is 10.0 Å². The summed E-state index contributed by atoms with van der Waals surface area (Å²) in [5.74, 6) is -0.514. The van der Waals surface area contributed by atoms with Crippen molar-refractivity contribution in [2.24, 2.45) is 5.92 Å². The van der Waals surface area contributed by atoms with Crippen LogP contribution in [0, 0.1) is 5.92 Å². The normalized spacial score (nSPS) is 16.8. The molecule has 0 bridgehead atoms. The molecule has 1 unspecified atom stereocenters. The van der Waals surface area contributed by atoms with Gasteiger partial charge >= 0.3 is 5.97 Å². The molecular formula is C14H19NO4S. The van der Waals surface area contributed by atoms with Gasteiger partial charge < -0.3 is 5.11 Å². The molecule has 0 radical (unpaired) electrons. The van der Waals surface area contributed by atoms with Crippen LogP contribution in [0.1, 0.15) is 37.3 Å². The smallest absolute Gasteiger partial charge is 0.303 e. The van der Waals surface area contributed by atoms with Gasteiger partial charge in [0.25, 0.3) is 0 Å². The van der Waals surface area contributed by atoms with E-state index in [-0.39, 0.29) is 24.5 Å². The van der Waals surface area contributed by atoms with Gasteiger partial charge in [-0.2, -0.15) is 0 Å². The highest BCUT2D eigenvalue weighted by molar-refractivity contribution is 7.89. The van der Waals surface area contributed by atoms with Crippen LogP contribution in [0.5, 0.6) is 0 Å². The van der Waals surface area contributed by atoms with E-state index in [9.17, 15) is 13.2 Å². The van der Waals surface area contributed by atoms with Crippen molar-refractivity contribution in [3.8, 4) is 0 Å². The fraction of sp³-hybridized carbons (Fsp3) is 0.500. The molecule has 0 aliphatic heterocycles. The molecule has 5 nitrogen and oxygen atoms in total. The molecule has 1 aliphatic carbocycles. The zero-order valence-corrected chi connectivity index (χ0v) is 12.0. The summed E-state index contributed by atoms with van der Waals surface area (Å²) in [6, 6.07) is 8.63. The van der Waals surface area contributed by atoms with E-state index in [1.807, 2.05) is 30.3 Å². The summed E-state index contributed by atoms with van der Waals surface area (Å²) in [5, 5.41) is 8.79. The predicted molar refractivity (Wildman–Crippen MR) is 75.7 cm³/mol. The number of hydrogen-bond donors (Lipinski definition) is 2. The summed E-state index contributed by atoms with van der Waals surface area (Å²) in [6.07, 6.45) is 2.12. The Morgan fingerprint density at radius 3 is 2.50 bits per heavy atom. The maximum Gasteiger partial charge on any atom is 0.303 e. The molecule has 1 atom stereocenters. The highest BCUT2D eigenvalue weighted by atomic mass is 32.2. The third-order valence-electron chi connectivity index (χ3n) is 3.32. The first-order chi connectivity index (χ1) is 9.46. The number of nitrogens with one attached hydrogen (secondary N) is 1. The van der Waals surface area contributed by atoms with Gasteiger partial charge in [0.1, 0.15) is 0 Å². The van der Waals surface area contributed by atoms with Crippen molar-refractivity contribution in [2.75, 3.05) is 5.75 Å². The van der Waals surface area contributed by atoms with Gasteiger partial charge in [-0.1, -0.05) is 30.3 Å².